The van der Waals surface area contributed by atoms with E-state index in [9.17, 15) is 0 Å². The smallest absolute Gasteiger partial charge is 0.164 e. The molecule has 0 unspecified atom stereocenters. The zero-order valence-corrected chi connectivity index (χ0v) is 81.4. The third-order valence-corrected chi connectivity index (χ3v) is 30.0. The number of benzene rings is 22. The Bertz CT molecular complexity index is 9240. The van der Waals surface area contributed by atoms with Crippen LogP contribution in [0.2, 0.25) is 0 Å². The molecule has 0 fully saturated rings. The molecule has 22 aromatic carbocycles. The molecule has 0 spiro atoms. The lowest BCUT2D eigenvalue weighted by atomic mass is 9.67. The number of hydrogen-bond acceptors (Lipinski definition) is 9. The maximum Gasteiger partial charge on any atom is 0.164 e. The van der Waals surface area contributed by atoms with Gasteiger partial charge in [0.05, 0.1) is 5.41 Å². The number of fused-ring (bicyclic) bond motifs is 17. The Hall–Kier alpha value is -18.8. The Morgan fingerprint density at radius 3 is 0.973 bits per heavy atom. The van der Waals surface area contributed by atoms with E-state index in [2.05, 4.69) is 349 Å². The number of nitrogens with zero attached hydrogens (tertiary/aromatic N) is 9. The zero-order valence-electron chi connectivity index (χ0n) is 81.4. The molecule has 3 heterocycles. The van der Waals surface area contributed by atoms with E-state index >= 15 is 0 Å². The molecular weight excluding hydrogens is 1780 g/mol. The second-order valence-electron chi connectivity index (χ2n) is 39.2. The van der Waals surface area contributed by atoms with Crippen LogP contribution in [-0.4, -0.2) is 44.9 Å². The molecule has 147 heavy (non-hydrogen) atoms. The summed E-state index contributed by atoms with van der Waals surface area (Å²) in [7, 11) is 0. The highest BCUT2D eigenvalue weighted by atomic mass is 15.1. The van der Waals surface area contributed by atoms with Crippen LogP contribution in [0, 0.1) is 0 Å². The largest absolute Gasteiger partial charge is 0.208 e. The van der Waals surface area contributed by atoms with E-state index in [0.717, 1.165) is 72.0 Å². The van der Waals surface area contributed by atoms with Gasteiger partial charge in [0.15, 0.2) is 52.4 Å². The average molecular weight is 1880 g/mol. The van der Waals surface area contributed by atoms with Gasteiger partial charge in [-0.15, -0.1) is 0 Å². The molecule has 0 aliphatic heterocycles. The summed E-state index contributed by atoms with van der Waals surface area (Å²) in [6, 6.07) is 179. The SMILES string of the molecule is CC1(C)c2ccccc2-c2c1ccc1c(-c3cc(-c4nc(-c5ccccc5)nc(-c5ccccc5)n4)cc4ccccc34)cccc21.CC1(C)c2ccccc2-c2c1ccc1cc(-c3ccc(-c4nc(-c5ccccc5)nc(-c5ccccc5)n4)c4ccccc34)ccc21.c1ccc(-c2nc(-c3ccccc3)nc(-c3cccc(-c4cccc5ccc6c(c45)-c4ccccc4C6(c4ccccc4)c4ccccc4)c3)n2)cc1. The van der Waals surface area contributed by atoms with Crippen molar-refractivity contribution in [2.75, 3.05) is 0 Å². The van der Waals surface area contributed by atoms with Crippen LogP contribution in [0.5, 0.6) is 0 Å². The lowest BCUT2D eigenvalue weighted by molar-refractivity contribution is 0.660. The van der Waals surface area contributed by atoms with Crippen molar-refractivity contribution in [3.63, 3.8) is 0 Å². The van der Waals surface area contributed by atoms with Crippen LogP contribution >= 0.6 is 0 Å². The second kappa shape index (κ2) is 36.6. The van der Waals surface area contributed by atoms with Crippen LogP contribution in [0.4, 0.5) is 0 Å². The third-order valence-electron chi connectivity index (χ3n) is 30.0. The first-order valence-corrected chi connectivity index (χ1v) is 50.3. The molecule has 692 valence electrons. The van der Waals surface area contributed by atoms with Gasteiger partial charge in [0.25, 0.3) is 0 Å². The van der Waals surface area contributed by atoms with Crippen molar-refractivity contribution >= 4 is 53.9 Å². The van der Waals surface area contributed by atoms with E-state index < -0.39 is 5.41 Å². The van der Waals surface area contributed by atoms with Crippen molar-refractivity contribution in [3.05, 3.63) is 548 Å². The highest BCUT2D eigenvalue weighted by Gasteiger charge is 2.47. The van der Waals surface area contributed by atoms with E-state index in [1.807, 2.05) is 182 Å². The molecule has 0 atom stereocenters. The Morgan fingerprint density at radius 2 is 0.456 bits per heavy atom. The topological polar surface area (TPSA) is 116 Å². The van der Waals surface area contributed by atoms with E-state index in [1.54, 1.807) is 0 Å². The first-order chi connectivity index (χ1) is 72.4. The molecule has 0 amide bonds. The van der Waals surface area contributed by atoms with Gasteiger partial charge < -0.3 is 0 Å². The molecule has 0 saturated carbocycles. The van der Waals surface area contributed by atoms with Crippen LogP contribution in [0.1, 0.15) is 72.2 Å². The zero-order chi connectivity index (χ0) is 98.3. The maximum absolute atomic E-state index is 5.07. The van der Waals surface area contributed by atoms with Crippen LogP contribution in [0.25, 0.3) is 223 Å². The summed E-state index contributed by atoms with van der Waals surface area (Å²) >= 11 is 0. The maximum atomic E-state index is 5.07. The number of aromatic nitrogens is 9. The lowest BCUT2D eigenvalue weighted by Gasteiger charge is -2.34. The minimum atomic E-state index is -0.468. The Balaban J connectivity index is 0.000000112. The molecule has 3 aliphatic rings. The molecule has 0 saturated heterocycles. The Kier molecular flexibility index (Phi) is 22.0. The molecular formula is C138H95N9. The van der Waals surface area contributed by atoms with Crippen molar-refractivity contribution in [1.82, 2.24) is 44.9 Å². The minimum Gasteiger partial charge on any atom is -0.208 e. The summed E-state index contributed by atoms with van der Waals surface area (Å²) in [5, 5.41) is 12.1. The minimum absolute atomic E-state index is 0.0133. The molecule has 9 nitrogen and oxygen atoms in total. The monoisotopic (exact) mass is 1880 g/mol. The predicted octanol–water partition coefficient (Wildman–Crippen LogP) is 34.4. The Morgan fingerprint density at radius 1 is 0.143 bits per heavy atom. The molecule has 9 heteroatoms. The summed E-state index contributed by atoms with van der Waals surface area (Å²) in [5.41, 5.74) is 33.8. The number of rotatable bonds is 14. The molecule has 28 rings (SSSR count). The van der Waals surface area contributed by atoms with Gasteiger partial charge in [0, 0.05) is 60.9 Å². The molecule has 25 aromatic rings. The molecule has 0 radical (unpaired) electrons. The molecule has 3 aromatic heterocycles. The van der Waals surface area contributed by atoms with Gasteiger partial charge in [-0.2, -0.15) is 0 Å². The van der Waals surface area contributed by atoms with Crippen molar-refractivity contribution in [3.8, 4) is 169 Å². The van der Waals surface area contributed by atoms with E-state index in [-0.39, 0.29) is 10.8 Å². The van der Waals surface area contributed by atoms with Gasteiger partial charge in [-0.05, 0) is 195 Å². The van der Waals surface area contributed by atoms with E-state index in [1.165, 1.54) is 143 Å². The van der Waals surface area contributed by atoms with Crippen molar-refractivity contribution in [2.45, 2.75) is 43.9 Å². The van der Waals surface area contributed by atoms with Crippen molar-refractivity contribution in [1.29, 1.82) is 0 Å². The fourth-order valence-electron chi connectivity index (χ4n) is 23.1. The third kappa shape index (κ3) is 15.4. The van der Waals surface area contributed by atoms with E-state index in [0.29, 0.717) is 52.4 Å². The van der Waals surface area contributed by atoms with Gasteiger partial charge in [-0.1, -0.05) is 501 Å². The fraction of sp³-hybridized carbons (Fsp3) is 0.0507. The van der Waals surface area contributed by atoms with Gasteiger partial charge in [0.2, 0.25) is 0 Å². The van der Waals surface area contributed by atoms with Crippen LogP contribution in [0.15, 0.2) is 504 Å². The predicted molar refractivity (Wildman–Crippen MR) is 605 cm³/mol. The van der Waals surface area contributed by atoms with Crippen LogP contribution < -0.4 is 0 Å². The molecule has 3 aliphatic carbocycles. The fourth-order valence-corrected chi connectivity index (χ4v) is 23.1. The average Bonchev–Trinajstić information content (AvgIpc) is 1.52. The van der Waals surface area contributed by atoms with Crippen molar-refractivity contribution < 1.29 is 0 Å². The first kappa shape index (κ1) is 88.4. The summed E-state index contributed by atoms with van der Waals surface area (Å²) in [6.07, 6.45) is 0. The molecule has 0 N–H and O–H groups in total. The quantitative estimate of drug-likeness (QED) is 0.105. The van der Waals surface area contributed by atoms with Gasteiger partial charge in [0.1, 0.15) is 0 Å². The first-order valence-electron chi connectivity index (χ1n) is 50.3. The van der Waals surface area contributed by atoms with Crippen LogP contribution in [0.3, 0.4) is 0 Å². The second-order valence-corrected chi connectivity index (χ2v) is 39.2. The van der Waals surface area contributed by atoms with Crippen LogP contribution in [-0.2, 0) is 16.2 Å². The standard InChI is InChI=1S/C50H33N3.2C44H31N3/c1-5-17-35(18-6-1)47-51-48(36-19-7-2-8-20-36)53-49(52-47)38-23-15-22-37(33-38)41-29-16-21-34-31-32-44-46(45(34)41)42-28-13-14-30-43(42)50(44,39-24-9-3-10-25-39)40-26-11-4-12-27-40;1-44(2)38-23-12-11-20-36(38)40-35-22-13-21-33(34(35)24-25-39(40)44)37-27-31(26-30-18-9-10-19-32(30)37)43-46-41(28-14-5-3-6-15-28)45-42(47-43)29-16-7-4-8-17-29;1-44(2)38-20-12-11-19-37(38)40-33-23-21-30(27-31(33)22-26-39(40)44)32-24-25-36(35-18-10-9-17-34(32)35)43-46-41(28-13-5-3-6-14-28)45-42(47-43)29-15-7-4-8-16-29/h1-33H;2*3-27H,1-2H3. The Labute approximate surface area is 853 Å². The lowest BCUT2D eigenvalue weighted by Crippen LogP contribution is -2.28. The van der Waals surface area contributed by atoms with Gasteiger partial charge >= 0.3 is 0 Å². The molecule has 0 bridgehead atoms. The van der Waals surface area contributed by atoms with Gasteiger partial charge in [-0.3, -0.25) is 0 Å². The highest BCUT2D eigenvalue weighted by molar-refractivity contribution is 6.15. The number of hydrogen-bond donors (Lipinski definition) is 0. The summed E-state index contributed by atoms with van der Waals surface area (Å²) in [6.45, 7) is 9.35. The van der Waals surface area contributed by atoms with Crippen molar-refractivity contribution in [2.24, 2.45) is 0 Å². The van der Waals surface area contributed by atoms with Gasteiger partial charge in [-0.25, -0.2) is 44.9 Å². The summed E-state index contributed by atoms with van der Waals surface area (Å²) < 4.78 is 0. The summed E-state index contributed by atoms with van der Waals surface area (Å²) in [5.74, 6) is 5.90. The normalized spacial score (nSPS) is 12.9. The highest BCUT2D eigenvalue weighted by Crippen LogP contribution is 2.60. The van der Waals surface area contributed by atoms with E-state index in [4.69, 9.17) is 44.9 Å². The summed E-state index contributed by atoms with van der Waals surface area (Å²) in [4.78, 5) is 45.0.